The fourth-order valence-corrected chi connectivity index (χ4v) is 2.58. The van der Waals surface area contributed by atoms with E-state index < -0.39 is 24.4 Å². The van der Waals surface area contributed by atoms with Crippen LogP contribution in [0.25, 0.3) is 0 Å². The maximum absolute atomic E-state index is 12.1. The number of aryl methyl sites for hydroxylation is 1. The standard InChI is InChI=1S/C22H20N2O5/c1-14-5-3-6-18(15(14)2)24-20(25)13-29-22(27)16-8-10-17(11-9-16)23-21(26)19-7-4-12-28-19/h3-12H,13H2,1-2H3,(H,23,26)(H,24,25). The highest BCUT2D eigenvalue weighted by Crippen LogP contribution is 2.18. The van der Waals surface area contributed by atoms with Crippen molar-refractivity contribution in [1.29, 1.82) is 0 Å². The molecule has 0 saturated heterocycles. The van der Waals surface area contributed by atoms with E-state index in [1.54, 1.807) is 30.3 Å². The van der Waals surface area contributed by atoms with Crippen LogP contribution in [-0.2, 0) is 9.53 Å². The lowest BCUT2D eigenvalue weighted by Crippen LogP contribution is -2.21. The molecule has 2 N–H and O–H groups in total. The predicted octanol–water partition coefficient (Wildman–Crippen LogP) is 3.94. The molecule has 1 heterocycles. The van der Waals surface area contributed by atoms with E-state index in [4.69, 9.17) is 9.15 Å². The number of carbonyl (C=O) groups is 3. The van der Waals surface area contributed by atoms with Crippen LogP contribution in [0.3, 0.4) is 0 Å². The average molecular weight is 392 g/mol. The number of benzene rings is 2. The Bertz CT molecular complexity index is 1020. The summed E-state index contributed by atoms with van der Waals surface area (Å²) in [4.78, 5) is 36.1. The van der Waals surface area contributed by atoms with Crippen molar-refractivity contribution in [2.75, 3.05) is 17.2 Å². The molecule has 0 saturated carbocycles. The average Bonchev–Trinajstić information content (AvgIpc) is 3.25. The quantitative estimate of drug-likeness (QED) is 0.619. The molecule has 0 aliphatic heterocycles. The second kappa shape index (κ2) is 8.88. The topological polar surface area (TPSA) is 97.6 Å². The maximum atomic E-state index is 12.1. The summed E-state index contributed by atoms with van der Waals surface area (Å²) in [7, 11) is 0. The lowest BCUT2D eigenvalue weighted by Gasteiger charge is -2.11. The number of esters is 1. The lowest BCUT2D eigenvalue weighted by atomic mass is 10.1. The number of anilines is 2. The Morgan fingerprint density at radius 1 is 0.931 bits per heavy atom. The van der Waals surface area contributed by atoms with Crippen LogP contribution in [0.4, 0.5) is 11.4 Å². The summed E-state index contributed by atoms with van der Waals surface area (Å²) in [6, 6.07) is 14.9. The van der Waals surface area contributed by atoms with Gasteiger partial charge in [-0.2, -0.15) is 0 Å². The smallest absolute Gasteiger partial charge is 0.338 e. The number of hydrogen-bond donors (Lipinski definition) is 2. The van der Waals surface area contributed by atoms with Crippen LogP contribution in [-0.4, -0.2) is 24.4 Å². The van der Waals surface area contributed by atoms with Gasteiger partial charge in [0.25, 0.3) is 11.8 Å². The minimum Gasteiger partial charge on any atom is -0.459 e. The van der Waals surface area contributed by atoms with Crippen molar-refractivity contribution in [2.45, 2.75) is 13.8 Å². The van der Waals surface area contributed by atoms with Crippen molar-refractivity contribution >= 4 is 29.2 Å². The zero-order valence-electron chi connectivity index (χ0n) is 16.0. The van der Waals surface area contributed by atoms with Crippen molar-refractivity contribution in [3.63, 3.8) is 0 Å². The lowest BCUT2D eigenvalue weighted by molar-refractivity contribution is -0.119. The summed E-state index contributed by atoms with van der Waals surface area (Å²) < 4.78 is 10.1. The van der Waals surface area contributed by atoms with E-state index in [-0.39, 0.29) is 11.3 Å². The van der Waals surface area contributed by atoms with Gasteiger partial charge in [0.15, 0.2) is 12.4 Å². The van der Waals surface area contributed by atoms with Crippen molar-refractivity contribution < 1.29 is 23.5 Å². The molecule has 148 valence electrons. The van der Waals surface area contributed by atoms with Gasteiger partial charge < -0.3 is 19.8 Å². The Hall–Kier alpha value is -3.87. The molecule has 3 rings (SSSR count). The summed E-state index contributed by atoms with van der Waals surface area (Å²) in [5.74, 6) is -1.27. The molecule has 0 atom stereocenters. The highest BCUT2D eigenvalue weighted by molar-refractivity contribution is 6.02. The Labute approximate surface area is 167 Å². The number of furan rings is 1. The van der Waals surface area contributed by atoms with Gasteiger partial charge >= 0.3 is 5.97 Å². The molecule has 0 fully saturated rings. The molecule has 0 radical (unpaired) electrons. The minimum absolute atomic E-state index is 0.184. The van der Waals surface area contributed by atoms with Gasteiger partial charge in [-0.1, -0.05) is 12.1 Å². The Kier molecular flexibility index (Phi) is 6.09. The molecule has 0 bridgehead atoms. The van der Waals surface area contributed by atoms with Gasteiger partial charge in [0, 0.05) is 11.4 Å². The van der Waals surface area contributed by atoms with Crippen LogP contribution in [0, 0.1) is 13.8 Å². The van der Waals surface area contributed by atoms with E-state index in [1.165, 1.54) is 18.4 Å². The zero-order valence-corrected chi connectivity index (χ0v) is 16.0. The van der Waals surface area contributed by atoms with Gasteiger partial charge in [0.1, 0.15) is 0 Å². The highest BCUT2D eigenvalue weighted by atomic mass is 16.5. The first-order valence-electron chi connectivity index (χ1n) is 8.92. The summed E-state index contributed by atoms with van der Waals surface area (Å²) in [5, 5.41) is 5.38. The van der Waals surface area contributed by atoms with Crippen LogP contribution in [0.2, 0.25) is 0 Å². The van der Waals surface area contributed by atoms with Crippen LogP contribution in [0.15, 0.2) is 65.3 Å². The maximum Gasteiger partial charge on any atom is 0.338 e. The minimum atomic E-state index is -0.634. The van der Waals surface area contributed by atoms with E-state index in [9.17, 15) is 14.4 Å². The van der Waals surface area contributed by atoms with Crippen molar-refractivity contribution in [1.82, 2.24) is 0 Å². The Balaban J connectivity index is 1.52. The Morgan fingerprint density at radius 3 is 2.38 bits per heavy atom. The zero-order chi connectivity index (χ0) is 20.8. The van der Waals surface area contributed by atoms with Gasteiger partial charge in [-0.15, -0.1) is 0 Å². The van der Waals surface area contributed by atoms with Crippen molar-refractivity contribution in [2.24, 2.45) is 0 Å². The summed E-state index contributed by atoms with van der Waals surface area (Å²) in [6.07, 6.45) is 1.41. The third-order valence-electron chi connectivity index (χ3n) is 4.34. The van der Waals surface area contributed by atoms with Crippen LogP contribution in [0.1, 0.15) is 32.0 Å². The first-order chi connectivity index (χ1) is 13.9. The Morgan fingerprint density at radius 2 is 1.69 bits per heavy atom. The molecule has 1 aromatic heterocycles. The van der Waals surface area contributed by atoms with Gasteiger partial charge in [-0.05, 0) is 67.4 Å². The molecule has 7 heteroatoms. The molecule has 2 amide bonds. The number of hydrogen-bond acceptors (Lipinski definition) is 5. The number of amides is 2. The third-order valence-corrected chi connectivity index (χ3v) is 4.34. The van der Waals surface area contributed by atoms with Gasteiger partial charge in [-0.3, -0.25) is 9.59 Å². The fourth-order valence-electron chi connectivity index (χ4n) is 2.58. The van der Waals surface area contributed by atoms with Crippen LogP contribution in [0.5, 0.6) is 0 Å². The number of ether oxygens (including phenoxy) is 1. The first kappa shape index (κ1) is 19.9. The van der Waals surface area contributed by atoms with E-state index >= 15 is 0 Å². The number of carbonyl (C=O) groups excluding carboxylic acids is 3. The highest BCUT2D eigenvalue weighted by Gasteiger charge is 2.13. The largest absolute Gasteiger partial charge is 0.459 e. The van der Waals surface area contributed by atoms with Gasteiger partial charge in [-0.25, -0.2) is 4.79 Å². The molecule has 0 aliphatic carbocycles. The van der Waals surface area contributed by atoms with E-state index in [0.717, 1.165) is 11.1 Å². The number of nitrogens with one attached hydrogen (secondary N) is 2. The van der Waals surface area contributed by atoms with E-state index in [1.807, 2.05) is 26.0 Å². The van der Waals surface area contributed by atoms with Crippen molar-refractivity contribution in [3.8, 4) is 0 Å². The van der Waals surface area contributed by atoms with Gasteiger partial charge in [0.2, 0.25) is 0 Å². The molecule has 0 spiro atoms. The van der Waals surface area contributed by atoms with Crippen molar-refractivity contribution in [3.05, 3.63) is 83.3 Å². The van der Waals surface area contributed by atoms with E-state index in [2.05, 4.69) is 10.6 Å². The number of rotatable bonds is 6. The monoisotopic (exact) mass is 392 g/mol. The first-order valence-corrected chi connectivity index (χ1v) is 8.92. The molecule has 0 unspecified atom stereocenters. The van der Waals surface area contributed by atoms with E-state index in [0.29, 0.717) is 11.4 Å². The molecule has 7 nitrogen and oxygen atoms in total. The molecule has 3 aromatic rings. The molecule has 2 aromatic carbocycles. The summed E-state index contributed by atoms with van der Waals surface area (Å²) >= 11 is 0. The molecular formula is C22H20N2O5. The molecule has 29 heavy (non-hydrogen) atoms. The summed E-state index contributed by atoms with van der Waals surface area (Å²) in [5.41, 5.74) is 3.46. The second-order valence-corrected chi connectivity index (χ2v) is 6.38. The van der Waals surface area contributed by atoms with Crippen LogP contribution < -0.4 is 10.6 Å². The van der Waals surface area contributed by atoms with Crippen LogP contribution >= 0.6 is 0 Å². The molecule has 0 aliphatic rings. The van der Waals surface area contributed by atoms with Gasteiger partial charge in [0.05, 0.1) is 11.8 Å². The SMILES string of the molecule is Cc1cccc(NC(=O)COC(=O)c2ccc(NC(=O)c3ccco3)cc2)c1C. The molecular weight excluding hydrogens is 372 g/mol. The predicted molar refractivity (Wildman–Crippen MR) is 108 cm³/mol. The summed E-state index contributed by atoms with van der Waals surface area (Å²) in [6.45, 7) is 3.46. The normalized spacial score (nSPS) is 10.3. The fraction of sp³-hybridized carbons (Fsp3) is 0.136. The third kappa shape index (κ3) is 5.10. The second-order valence-electron chi connectivity index (χ2n) is 6.38.